The van der Waals surface area contributed by atoms with E-state index >= 15 is 0 Å². The Labute approximate surface area is 145 Å². The molecular formula is C19H20N4O2. The molecule has 1 saturated heterocycles. The van der Waals surface area contributed by atoms with Gasteiger partial charge in [-0.05, 0) is 45.5 Å². The number of benzene rings is 2. The topological polar surface area (TPSA) is 64.2 Å². The van der Waals surface area contributed by atoms with E-state index in [1.807, 2.05) is 13.1 Å². The molecule has 25 heavy (non-hydrogen) atoms. The average molecular weight is 336 g/mol. The highest BCUT2D eigenvalue weighted by atomic mass is 16.6. The Balaban J connectivity index is 1.69. The van der Waals surface area contributed by atoms with E-state index in [0.29, 0.717) is 5.82 Å². The number of nitrogens with zero attached hydrogens (tertiary/aromatic N) is 4. The molecule has 3 aromatic rings. The van der Waals surface area contributed by atoms with Crippen LogP contribution in [0.4, 0.5) is 11.6 Å². The van der Waals surface area contributed by atoms with Gasteiger partial charge >= 0.3 is 5.82 Å². The Morgan fingerprint density at radius 3 is 2.88 bits per heavy atom. The standard InChI is InChI=1S/C19H20N4O2/c1-21-13-20-18(23(24)25)19(21)22-11-5-9-16(22)12-15-8-4-7-14-6-2-3-10-17(14)15/h2-4,6-8,10,13,16H,5,9,11-12H2,1H3. The first-order chi connectivity index (χ1) is 12.1. The van der Waals surface area contributed by atoms with Gasteiger partial charge in [-0.15, -0.1) is 0 Å². The molecule has 0 radical (unpaired) electrons. The molecule has 6 nitrogen and oxygen atoms in total. The summed E-state index contributed by atoms with van der Waals surface area (Å²) in [7, 11) is 1.82. The number of rotatable bonds is 4. The van der Waals surface area contributed by atoms with Gasteiger partial charge in [-0.25, -0.2) is 0 Å². The maximum absolute atomic E-state index is 11.3. The smallest absolute Gasteiger partial charge is 0.358 e. The maximum Gasteiger partial charge on any atom is 0.406 e. The SMILES string of the molecule is Cn1cnc([N+](=O)[O-])c1N1CCCC1Cc1cccc2ccccc12. The van der Waals surface area contributed by atoms with Crippen molar-refractivity contribution < 1.29 is 4.92 Å². The number of aromatic nitrogens is 2. The van der Waals surface area contributed by atoms with Gasteiger partial charge in [0.05, 0.1) is 0 Å². The first-order valence-electron chi connectivity index (χ1n) is 8.54. The summed E-state index contributed by atoms with van der Waals surface area (Å²) in [4.78, 5) is 17.1. The van der Waals surface area contributed by atoms with Crippen molar-refractivity contribution >= 4 is 22.4 Å². The monoisotopic (exact) mass is 336 g/mol. The van der Waals surface area contributed by atoms with Crippen molar-refractivity contribution in [1.82, 2.24) is 9.55 Å². The molecule has 4 rings (SSSR count). The van der Waals surface area contributed by atoms with E-state index in [1.54, 1.807) is 4.57 Å². The fourth-order valence-corrected chi connectivity index (χ4v) is 3.92. The van der Waals surface area contributed by atoms with Gasteiger partial charge in [-0.1, -0.05) is 42.5 Å². The van der Waals surface area contributed by atoms with E-state index in [9.17, 15) is 10.1 Å². The van der Waals surface area contributed by atoms with Crippen LogP contribution in [-0.2, 0) is 13.5 Å². The summed E-state index contributed by atoms with van der Waals surface area (Å²) in [6, 6.07) is 15.0. The molecule has 1 fully saturated rings. The van der Waals surface area contributed by atoms with E-state index in [-0.39, 0.29) is 16.8 Å². The van der Waals surface area contributed by atoms with Crippen LogP contribution in [0.5, 0.6) is 0 Å². The van der Waals surface area contributed by atoms with Crippen LogP contribution in [-0.4, -0.2) is 27.1 Å². The quantitative estimate of drug-likeness (QED) is 0.538. The molecule has 1 aliphatic rings. The van der Waals surface area contributed by atoms with Gasteiger partial charge in [0, 0.05) is 19.6 Å². The molecule has 128 valence electrons. The Morgan fingerprint density at radius 2 is 2.04 bits per heavy atom. The second-order valence-electron chi connectivity index (χ2n) is 6.59. The molecule has 0 bridgehead atoms. The lowest BCUT2D eigenvalue weighted by molar-refractivity contribution is -0.388. The van der Waals surface area contributed by atoms with Crippen LogP contribution >= 0.6 is 0 Å². The van der Waals surface area contributed by atoms with Gasteiger partial charge in [-0.3, -0.25) is 4.57 Å². The first kappa shape index (κ1) is 15.6. The van der Waals surface area contributed by atoms with E-state index < -0.39 is 0 Å². The molecule has 0 aliphatic carbocycles. The summed E-state index contributed by atoms with van der Waals surface area (Å²) >= 11 is 0. The zero-order chi connectivity index (χ0) is 17.4. The first-order valence-corrected chi connectivity index (χ1v) is 8.54. The molecule has 2 heterocycles. The third-order valence-electron chi connectivity index (χ3n) is 5.04. The van der Waals surface area contributed by atoms with Crippen LogP contribution in [0.2, 0.25) is 0 Å². The number of hydrogen-bond acceptors (Lipinski definition) is 4. The third kappa shape index (κ3) is 2.73. The lowest BCUT2D eigenvalue weighted by Gasteiger charge is -2.26. The van der Waals surface area contributed by atoms with Crippen molar-refractivity contribution in [3.05, 3.63) is 64.5 Å². The number of hydrogen-bond donors (Lipinski definition) is 0. The second kappa shape index (κ2) is 6.20. The molecule has 0 amide bonds. The van der Waals surface area contributed by atoms with Crippen molar-refractivity contribution in [3.8, 4) is 0 Å². The highest BCUT2D eigenvalue weighted by Gasteiger charge is 2.33. The lowest BCUT2D eigenvalue weighted by Crippen LogP contribution is -2.33. The normalized spacial score (nSPS) is 17.3. The number of nitro groups is 1. The van der Waals surface area contributed by atoms with E-state index in [4.69, 9.17) is 0 Å². The maximum atomic E-state index is 11.3. The predicted octanol–water partition coefficient (Wildman–Crippen LogP) is 3.69. The molecule has 1 atom stereocenters. The van der Waals surface area contributed by atoms with Crippen molar-refractivity contribution in [3.63, 3.8) is 0 Å². The van der Waals surface area contributed by atoms with Gasteiger partial charge < -0.3 is 15.0 Å². The molecule has 2 aromatic carbocycles. The number of anilines is 1. The molecule has 1 unspecified atom stereocenters. The van der Waals surface area contributed by atoms with Crippen LogP contribution in [0.15, 0.2) is 48.8 Å². The predicted molar refractivity (Wildman–Crippen MR) is 97.9 cm³/mol. The highest BCUT2D eigenvalue weighted by molar-refractivity contribution is 5.85. The van der Waals surface area contributed by atoms with Crippen LogP contribution in [0.1, 0.15) is 18.4 Å². The number of imidazole rings is 1. The summed E-state index contributed by atoms with van der Waals surface area (Å²) in [5, 5.41) is 13.8. The Hall–Kier alpha value is -2.89. The van der Waals surface area contributed by atoms with Crippen LogP contribution in [0.3, 0.4) is 0 Å². The van der Waals surface area contributed by atoms with Crippen LogP contribution in [0, 0.1) is 10.1 Å². The largest absolute Gasteiger partial charge is 0.406 e. The molecule has 1 aromatic heterocycles. The molecule has 0 spiro atoms. The van der Waals surface area contributed by atoms with Crippen molar-refractivity contribution in [2.45, 2.75) is 25.3 Å². The van der Waals surface area contributed by atoms with Gasteiger partial charge in [0.2, 0.25) is 12.1 Å². The van der Waals surface area contributed by atoms with Crippen LogP contribution < -0.4 is 4.90 Å². The number of aryl methyl sites for hydroxylation is 1. The Morgan fingerprint density at radius 1 is 1.24 bits per heavy atom. The highest BCUT2D eigenvalue weighted by Crippen LogP contribution is 2.34. The molecular weight excluding hydrogens is 316 g/mol. The minimum absolute atomic E-state index is 0.0488. The zero-order valence-electron chi connectivity index (χ0n) is 14.1. The zero-order valence-corrected chi connectivity index (χ0v) is 14.1. The van der Waals surface area contributed by atoms with Gasteiger partial charge in [-0.2, -0.15) is 0 Å². The second-order valence-corrected chi connectivity index (χ2v) is 6.59. The van der Waals surface area contributed by atoms with Crippen molar-refractivity contribution in [2.75, 3.05) is 11.4 Å². The summed E-state index contributed by atoms with van der Waals surface area (Å²) in [6.45, 7) is 0.829. The minimum Gasteiger partial charge on any atom is -0.358 e. The van der Waals surface area contributed by atoms with E-state index in [1.165, 1.54) is 22.7 Å². The van der Waals surface area contributed by atoms with Crippen molar-refractivity contribution in [1.29, 1.82) is 0 Å². The average Bonchev–Trinajstić information content (AvgIpc) is 3.21. The van der Waals surface area contributed by atoms with E-state index in [2.05, 4.69) is 46.3 Å². The Bertz CT molecular complexity index is 929. The Kier molecular flexibility index (Phi) is 3.87. The van der Waals surface area contributed by atoms with Gasteiger partial charge in [0.15, 0.2) is 0 Å². The summed E-state index contributed by atoms with van der Waals surface area (Å²) < 4.78 is 1.76. The van der Waals surface area contributed by atoms with Crippen LogP contribution in [0.25, 0.3) is 10.8 Å². The minimum atomic E-state index is -0.386. The van der Waals surface area contributed by atoms with Gasteiger partial charge in [0.25, 0.3) is 0 Å². The third-order valence-corrected chi connectivity index (χ3v) is 5.04. The molecule has 6 heteroatoms. The fraction of sp³-hybridized carbons (Fsp3) is 0.316. The molecule has 1 aliphatic heterocycles. The fourth-order valence-electron chi connectivity index (χ4n) is 3.92. The lowest BCUT2D eigenvalue weighted by atomic mass is 9.98. The van der Waals surface area contributed by atoms with Gasteiger partial charge in [0.1, 0.15) is 0 Å². The van der Waals surface area contributed by atoms with E-state index in [0.717, 1.165) is 25.8 Å². The summed E-state index contributed by atoms with van der Waals surface area (Å²) in [5.74, 6) is 0.569. The van der Waals surface area contributed by atoms with Crippen molar-refractivity contribution in [2.24, 2.45) is 7.05 Å². The molecule has 0 N–H and O–H groups in total. The summed E-state index contributed by atoms with van der Waals surface area (Å²) in [6.07, 6.45) is 4.48. The molecule has 0 saturated carbocycles. The number of fused-ring (bicyclic) bond motifs is 1. The summed E-state index contributed by atoms with van der Waals surface area (Å²) in [5.41, 5.74) is 1.29.